The van der Waals surface area contributed by atoms with Crippen LogP contribution in [0.1, 0.15) is 52.4 Å². The van der Waals surface area contributed by atoms with E-state index in [4.69, 9.17) is 0 Å². The maximum Gasteiger partial charge on any atom is 0.262 e. The Morgan fingerprint density at radius 3 is 2.25 bits per heavy atom. The predicted molar refractivity (Wildman–Crippen MR) is 131 cm³/mol. The molecule has 0 heterocycles. The second kappa shape index (κ2) is 10.0. The van der Waals surface area contributed by atoms with Crippen molar-refractivity contribution in [2.24, 2.45) is 0 Å². The van der Waals surface area contributed by atoms with Gasteiger partial charge >= 0.3 is 0 Å². The molecule has 0 saturated carbocycles. The minimum absolute atomic E-state index is 0.0834. The van der Waals surface area contributed by atoms with E-state index in [0.29, 0.717) is 16.9 Å². The molecule has 0 fully saturated rings. The molecule has 0 spiro atoms. The van der Waals surface area contributed by atoms with Crippen LogP contribution in [0.5, 0.6) is 0 Å². The van der Waals surface area contributed by atoms with Crippen LogP contribution in [0.25, 0.3) is 0 Å². The number of carbonyl (C=O) groups excluding carboxylic acids is 1. The fourth-order valence-electron chi connectivity index (χ4n) is 3.50. The Labute approximate surface area is 190 Å². The molecule has 0 saturated heterocycles. The van der Waals surface area contributed by atoms with Crippen LogP contribution < -0.4 is 10.0 Å². The second-order valence-corrected chi connectivity index (χ2v) is 9.81. The molecule has 3 aromatic rings. The lowest BCUT2D eigenvalue weighted by Crippen LogP contribution is -2.17. The molecular formula is C26H30N2O3S. The van der Waals surface area contributed by atoms with Gasteiger partial charge in [-0.2, -0.15) is 0 Å². The number of carbonyl (C=O) groups is 1. The van der Waals surface area contributed by atoms with E-state index in [1.165, 1.54) is 11.6 Å². The fraction of sp³-hybridized carbons (Fsp3) is 0.269. The molecule has 6 heteroatoms. The smallest absolute Gasteiger partial charge is 0.262 e. The van der Waals surface area contributed by atoms with Crippen LogP contribution in [0.15, 0.2) is 65.6 Å². The zero-order chi connectivity index (χ0) is 23.3. The zero-order valence-corrected chi connectivity index (χ0v) is 19.8. The third-order valence-corrected chi connectivity index (χ3v) is 6.90. The van der Waals surface area contributed by atoms with Crippen LogP contribution in [0.2, 0.25) is 0 Å². The topological polar surface area (TPSA) is 75.3 Å². The first kappa shape index (κ1) is 23.5. The molecule has 0 unspecified atom stereocenters. The highest BCUT2D eigenvalue weighted by atomic mass is 32.2. The van der Waals surface area contributed by atoms with Crippen molar-refractivity contribution in [2.75, 3.05) is 10.0 Å². The molecule has 1 amide bonds. The second-order valence-electron chi connectivity index (χ2n) is 8.16. The normalized spacial score (nSPS) is 11.2. The van der Waals surface area contributed by atoms with Crippen molar-refractivity contribution in [3.8, 4) is 0 Å². The molecule has 32 heavy (non-hydrogen) atoms. The van der Waals surface area contributed by atoms with E-state index in [9.17, 15) is 13.2 Å². The van der Waals surface area contributed by atoms with Gasteiger partial charge in [0.05, 0.1) is 10.6 Å². The summed E-state index contributed by atoms with van der Waals surface area (Å²) in [6.45, 7) is 7.68. The minimum atomic E-state index is -3.85. The lowest BCUT2D eigenvalue weighted by molar-refractivity contribution is 0.102. The van der Waals surface area contributed by atoms with E-state index in [1.807, 2.05) is 50.2 Å². The van der Waals surface area contributed by atoms with Gasteiger partial charge in [0.15, 0.2) is 0 Å². The molecule has 0 aliphatic rings. The Morgan fingerprint density at radius 2 is 1.59 bits per heavy atom. The molecular weight excluding hydrogens is 420 g/mol. The summed E-state index contributed by atoms with van der Waals surface area (Å²) in [6, 6.07) is 18.0. The maximum atomic E-state index is 13.1. The van der Waals surface area contributed by atoms with Gasteiger partial charge < -0.3 is 5.32 Å². The molecule has 3 rings (SSSR count). The summed E-state index contributed by atoms with van der Waals surface area (Å²) in [5, 5.41) is 2.85. The molecule has 3 aromatic carbocycles. The Balaban J connectivity index is 1.80. The summed E-state index contributed by atoms with van der Waals surface area (Å²) in [4.78, 5) is 12.9. The van der Waals surface area contributed by atoms with Crippen molar-refractivity contribution in [3.05, 3.63) is 88.5 Å². The Morgan fingerprint density at radius 1 is 0.875 bits per heavy atom. The summed E-state index contributed by atoms with van der Waals surface area (Å²) in [5.74, 6) is -0.353. The number of unbranched alkanes of at least 4 members (excludes halogenated alkanes) is 1. The third kappa shape index (κ3) is 5.77. The van der Waals surface area contributed by atoms with E-state index < -0.39 is 10.0 Å². The number of sulfonamides is 1. The molecule has 0 radical (unpaired) electrons. The first-order valence-corrected chi connectivity index (χ1v) is 12.3. The Bertz CT molecular complexity index is 1220. The first-order chi connectivity index (χ1) is 15.2. The number of aryl methyl sites for hydroxylation is 4. The first-order valence-electron chi connectivity index (χ1n) is 10.8. The van der Waals surface area contributed by atoms with Gasteiger partial charge in [0, 0.05) is 11.3 Å². The highest BCUT2D eigenvalue weighted by molar-refractivity contribution is 7.92. The summed E-state index contributed by atoms with van der Waals surface area (Å²) >= 11 is 0. The Kier molecular flexibility index (Phi) is 7.36. The van der Waals surface area contributed by atoms with Crippen molar-refractivity contribution < 1.29 is 13.2 Å². The van der Waals surface area contributed by atoms with E-state index in [1.54, 1.807) is 25.1 Å². The number of hydrogen-bond donors (Lipinski definition) is 2. The van der Waals surface area contributed by atoms with E-state index >= 15 is 0 Å². The van der Waals surface area contributed by atoms with Gasteiger partial charge in [-0.05, 0) is 80.6 Å². The number of rotatable bonds is 8. The summed E-state index contributed by atoms with van der Waals surface area (Å²) < 4.78 is 28.8. The number of hydrogen-bond acceptors (Lipinski definition) is 3. The van der Waals surface area contributed by atoms with E-state index in [2.05, 4.69) is 17.0 Å². The number of benzene rings is 3. The summed E-state index contributed by atoms with van der Waals surface area (Å²) in [6.07, 6.45) is 3.27. The molecule has 0 bridgehead atoms. The molecule has 0 aromatic heterocycles. The van der Waals surface area contributed by atoms with Gasteiger partial charge in [-0.1, -0.05) is 49.2 Å². The predicted octanol–water partition coefficient (Wildman–Crippen LogP) is 6.01. The van der Waals surface area contributed by atoms with Gasteiger partial charge in [-0.15, -0.1) is 0 Å². The minimum Gasteiger partial charge on any atom is -0.322 e. The van der Waals surface area contributed by atoms with E-state index in [0.717, 1.165) is 30.4 Å². The monoisotopic (exact) mass is 450 g/mol. The fourth-order valence-corrected chi connectivity index (χ4v) is 4.90. The largest absolute Gasteiger partial charge is 0.322 e. The highest BCUT2D eigenvalue weighted by Crippen LogP contribution is 2.24. The van der Waals surface area contributed by atoms with Crippen molar-refractivity contribution in [3.63, 3.8) is 0 Å². The quantitative estimate of drug-likeness (QED) is 0.441. The molecule has 0 aliphatic carbocycles. The maximum absolute atomic E-state index is 13.1. The van der Waals surface area contributed by atoms with Crippen molar-refractivity contribution >= 4 is 27.3 Å². The van der Waals surface area contributed by atoms with Crippen LogP contribution in [0.4, 0.5) is 11.4 Å². The summed E-state index contributed by atoms with van der Waals surface area (Å²) in [7, 11) is -3.85. The molecule has 168 valence electrons. The lowest BCUT2D eigenvalue weighted by Gasteiger charge is -2.14. The zero-order valence-electron chi connectivity index (χ0n) is 19.0. The van der Waals surface area contributed by atoms with Crippen molar-refractivity contribution in [2.45, 2.75) is 51.9 Å². The number of amides is 1. The standard InChI is InChI=1S/C26H30N2O3S/c1-5-6-7-21-10-13-23(14-11-21)27-26(29)22-12-9-19(3)25(17-22)32(30,31)28-24-15-8-18(2)16-20(24)4/h8-17,28H,5-7H2,1-4H3,(H,27,29). The van der Waals surface area contributed by atoms with Crippen LogP contribution in [0.3, 0.4) is 0 Å². The molecule has 2 N–H and O–H groups in total. The van der Waals surface area contributed by atoms with Gasteiger partial charge in [0.2, 0.25) is 0 Å². The average molecular weight is 451 g/mol. The third-order valence-electron chi connectivity index (χ3n) is 5.40. The van der Waals surface area contributed by atoms with Crippen molar-refractivity contribution in [1.82, 2.24) is 0 Å². The number of nitrogens with one attached hydrogen (secondary N) is 2. The van der Waals surface area contributed by atoms with Crippen LogP contribution in [-0.2, 0) is 16.4 Å². The SMILES string of the molecule is CCCCc1ccc(NC(=O)c2ccc(C)c(S(=O)(=O)Nc3ccc(C)cc3C)c2)cc1. The van der Waals surface area contributed by atoms with Gasteiger partial charge in [-0.25, -0.2) is 8.42 Å². The molecule has 0 aliphatic heterocycles. The van der Waals surface area contributed by atoms with Gasteiger partial charge in [0.1, 0.15) is 0 Å². The lowest BCUT2D eigenvalue weighted by atomic mass is 10.1. The van der Waals surface area contributed by atoms with Gasteiger partial charge in [-0.3, -0.25) is 9.52 Å². The summed E-state index contributed by atoms with van der Waals surface area (Å²) in [5.41, 5.74) is 5.17. The Hall–Kier alpha value is -3.12. The van der Waals surface area contributed by atoms with Crippen LogP contribution >= 0.6 is 0 Å². The van der Waals surface area contributed by atoms with Gasteiger partial charge in [0.25, 0.3) is 15.9 Å². The van der Waals surface area contributed by atoms with Crippen molar-refractivity contribution in [1.29, 1.82) is 0 Å². The average Bonchev–Trinajstić information content (AvgIpc) is 2.75. The van der Waals surface area contributed by atoms with E-state index in [-0.39, 0.29) is 16.4 Å². The molecule has 5 nitrogen and oxygen atoms in total. The van der Waals surface area contributed by atoms with Crippen LogP contribution in [-0.4, -0.2) is 14.3 Å². The highest BCUT2D eigenvalue weighted by Gasteiger charge is 2.20. The van der Waals surface area contributed by atoms with Crippen LogP contribution in [0, 0.1) is 20.8 Å². The molecule has 0 atom stereocenters. The number of anilines is 2.